The molecule has 0 aliphatic carbocycles. The molecular weight excluding hydrogens is 380 g/mol. The second kappa shape index (κ2) is 5.89. The Kier molecular flexibility index (Phi) is 3.90. The van der Waals surface area contributed by atoms with Crippen molar-refractivity contribution in [2.45, 2.75) is 0 Å². The summed E-state index contributed by atoms with van der Waals surface area (Å²) in [4.78, 5) is 23.8. The van der Waals surface area contributed by atoms with Gasteiger partial charge in [-0.2, -0.15) is 0 Å². The van der Waals surface area contributed by atoms with Crippen LogP contribution in [0.15, 0.2) is 51.9 Å². The zero-order chi connectivity index (χ0) is 17.4. The van der Waals surface area contributed by atoms with Gasteiger partial charge in [0.2, 0.25) is 0 Å². The van der Waals surface area contributed by atoms with E-state index in [0.29, 0.717) is 15.5 Å². The SMILES string of the molecule is O=C(O)Nc1cc(O)cc2c(Br)cn(-c3ccc(O)cc3)c(=O)c12. The lowest BCUT2D eigenvalue weighted by Gasteiger charge is -2.13. The number of aromatic hydroxyl groups is 2. The van der Waals surface area contributed by atoms with Gasteiger partial charge in [0.15, 0.2) is 0 Å². The fraction of sp³-hybridized carbons (Fsp3) is 0. The molecule has 0 aliphatic heterocycles. The quantitative estimate of drug-likeness (QED) is 0.536. The summed E-state index contributed by atoms with van der Waals surface area (Å²) in [5.74, 6) is -0.112. The summed E-state index contributed by atoms with van der Waals surface area (Å²) in [6, 6.07) is 8.53. The highest BCUT2D eigenvalue weighted by Gasteiger charge is 2.15. The average Bonchev–Trinajstić information content (AvgIpc) is 2.50. The summed E-state index contributed by atoms with van der Waals surface area (Å²) in [6.45, 7) is 0. The number of fused-ring (bicyclic) bond motifs is 1. The van der Waals surface area contributed by atoms with Gasteiger partial charge in [0.05, 0.1) is 11.1 Å². The van der Waals surface area contributed by atoms with Crippen LogP contribution in [0.5, 0.6) is 11.5 Å². The molecule has 0 fully saturated rings. The third-order valence-corrected chi connectivity index (χ3v) is 4.06. The first-order valence-electron chi connectivity index (χ1n) is 6.74. The highest BCUT2D eigenvalue weighted by Crippen LogP contribution is 2.32. The molecule has 3 aromatic rings. The summed E-state index contributed by atoms with van der Waals surface area (Å²) in [5, 5.41) is 30.7. The lowest BCUT2D eigenvalue weighted by atomic mass is 10.1. The molecule has 0 aliphatic rings. The average molecular weight is 391 g/mol. The highest BCUT2D eigenvalue weighted by atomic mass is 79.9. The predicted octanol–water partition coefficient (Wildman–Crippen LogP) is 3.25. The second-order valence-corrected chi connectivity index (χ2v) is 5.87. The minimum atomic E-state index is -1.35. The van der Waals surface area contributed by atoms with Crippen molar-refractivity contribution in [2.75, 3.05) is 5.32 Å². The van der Waals surface area contributed by atoms with E-state index < -0.39 is 11.7 Å². The molecule has 0 atom stereocenters. The Morgan fingerprint density at radius 3 is 2.38 bits per heavy atom. The largest absolute Gasteiger partial charge is 0.508 e. The van der Waals surface area contributed by atoms with Crippen molar-refractivity contribution in [1.82, 2.24) is 4.57 Å². The Balaban J connectivity index is 2.37. The van der Waals surface area contributed by atoms with E-state index >= 15 is 0 Å². The number of anilines is 1. The molecule has 122 valence electrons. The molecule has 1 amide bonds. The molecule has 1 heterocycles. The summed E-state index contributed by atoms with van der Waals surface area (Å²) in [5.41, 5.74) is 0.00807. The van der Waals surface area contributed by atoms with E-state index in [9.17, 15) is 19.8 Å². The van der Waals surface area contributed by atoms with E-state index in [1.807, 2.05) is 0 Å². The van der Waals surface area contributed by atoms with Gasteiger partial charge in [-0.3, -0.25) is 14.7 Å². The minimum Gasteiger partial charge on any atom is -0.508 e. The van der Waals surface area contributed by atoms with Crippen LogP contribution in [0.1, 0.15) is 0 Å². The molecule has 2 aromatic carbocycles. The van der Waals surface area contributed by atoms with Crippen molar-refractivity contribution >= 4 is 38.5 Å². The number of benzene rings is 2. The van der Waals surface area contributed by atoms with Crippen molar-refractivity contribution < 1.29 is 20.1 Å². The molecule has 0 unspecified atom stereocenters. The van der Waals surface area contributed by atoms with Gasteiger partial charge in [-0.15, -0.1) is 0 Å². The number of carbonyl (C=O) groups is 1. The first-order valence-corrected chi connectivity index (χ1v) is 7.53. The summed E-state index contributed by atoms with van der Waals surface area (Å²) < 4.78 is 1.81. The van der Waals surface area contributed by atoms with E-state index in [1.54, 1.807) is 12.1 Å². The highest BCUT2D eigenvalue weighted by molar-refractivity contribution is 9.10. The molecular formula is C16H11BrN2O5. The van der Waals surface area contributed by atoms with Gasteiger partial charge in [-0.05, 0) is 46.3 Å². The normalized spacial score (nSPS) is 10.7. The summed E-state index contributed by atoms with van der Waals surface area (Å²) in [6.07, 6.45) is 0.165. The van der Waals surface area contributed by atoms with E-state index in [0.717, 1.165) is 0 Å². The number of aromatic nitrogens is 1. The number of halogens is 1. The van der Waals surface area contributed by atoms with Gasteiger partial charge in [-0.25, -0.2) is 4.79 Å². The molecule has 3 rings (SSSR count). The van der Waals surface area contributed by atoms with Crippen LogP contribution in [-0.2, 0) is 0 Å². The molecule has 0 saturated heterocycles. The molecule has 0 bridgehead atoms. The number of hydrogen-bond donors (Lipinski definition) is 4. The molecule has 4 N–H and O–H groups in total. The van der Waals surface area contributed by atoms with Gasteiger partial charge in [0.25, 0.3) is 5.56 Å². The summed E-state index contributed by atoms with van der Waals surface area (Å²) in [7, 11) is 0. The number of rotatable bonds is 2. The number of nitrogens with zero attached hydrogens (tertiary/aromatic N) is 1. The first kappa shape index (κ1) is 15.9. The number of phenolic OH excluding ortho intramolecular Hbond substituents is 2. The Labute approximate surface area is 143 Å². The van der Waals surface area contributed by atoms with Gasteiger partial charge in [0.1, 0.15) is 11.5 Å². The van der Waals surface area contributed by atoms with Crippen molar-refractivity contribution in [1.29, 1.82) is 0 Å². The number of hydrogen-bond acceptors (Lipinski definition) is 4. The number of carboxylic acid groups (broad SMARTS) is 1. The van der Waals surface area contributed by atoms with Crippen molar-refractivity contribution in [2.24, 2.45) is 0 Å². The number of pyridine rings is 1. The molecule has 7 nitrogen and oxygen atoms in total. The minimum absolute atomic E-state index is 0.0173. The van der Waals surface area contributed by atoms with Crippen LogP contribution in [0.4, 0.5) is 10.5 Å². The topological polar surface area (TPSA) is 112 Å². The fourth-order valence-electron chi connectivity index (χ4n) is 2.43. The van der Waals surface area contributed by atoms with E-state index in [-0.39, 0.29) is 22.6 Å². The monoisotopic (exact) mass is 390 g/mol. The maximum Gasteiger partial charge on any atom is 0.409 e. The van der Waals surface area contributed by atoms with Gasteiger partial charge in [0, 0.05) is 27.8 Å². The number of phenols is 2. The molecule has 0 saturated carbocycles. The lowest BCUT2D eigenvalue weighted by Crippen LogP contribution is -2.20. The molecule has 24 heavy (non-hydrogen) atoms. The van der Waals surface area contributed by atoms with Crippen molar-refractivity contribution in [3.05, 3.63) is 57.4 Å². The first-order chi connectivity index (χ1) is 11.4. The van der Waals surface area contributed by atoms with Crippen LogP contribution >= 0.6 is 15.9 Å². The zero-order valence-corrected chi connectivity index (χ0v) is 13.6. The van der Waals surface area contributed by atoms with Crippen LogP contribution < -0.4 is 10.9 Å². The van der Waals surface area contributed by atoms with E-state index in [1.165, 1.54) is 35.0 Å². The molecule has 0 radical (unpaired) electrons. The Morgan fingerprint density at radius 2 is 1.75 bits per heavy atom. The Bertz CT molecular complexity index is 1010. The summed E-state index contributed by atoms with van der Waals surface area (Å²) >= 11 is 3.33. The van der Waals surface area contributed by atoms with Gasteiger partial charge >= 0.3 is 6.09 Å². The van der Waals surface area contributed by atoms with Gasteiger partial charge < -0.3 is 15.3 Å². The fourth-order valence-corrected chi connectivity index (χ4v) is 2.94. The lowest BCUT2D eigenvalue weighted by molar-refractivity contribution is 0.210. The predicted molar refractivity (Wildman–Crippen MR) is 92.2 cm³/mol. The number of nitrogens with one attached hydrogen (secondary N) is 1. The van der Waals surface area contributed by atoms with Crippen LogP contribution in [-0.4, -0.2) is 26.0 Å². The van der Waals surface area contributed by atoms with Gasteiger partial charge in [-0.1, -0.05) is 0 Å². The Hall–Kier alpha value is -3.00. The van der Waals surface area contributed by atoms with Crippen LogP contribution in [0, 0.1) is 0 Å². The third-order valence-electron chi connectivity index (χ3n) is 3.43. The standard InChI is InChI=1S/C16H11BrN2O5/c17-12-7-19(8-1-3-9(20)4-2-8)15(22)14-11(12)5-10(21)6-13(14)18-16(23)24/h1-7,18,20-21H,(H,23,24). The molecule has 1 aromatic heterocycles. The maximum atomic E-state index is 12.8. The van der Waals surface area contributed by atoms with Crippen molar-refractivity contribution in [3.63, 3.8) is 0 Å². The molecule has 0 spiro atoms. The van der Waals surface area contributed by atoms with Crippen LogP contribution in [0.2, 0.25) is 0 Å². The van der Waals surface area contributed by atoms with Crippen LogP contribution in [0.3, 0.4) is 0 Å². The smallest absolute Gasteiger partial charge is 0.409 e. The zero-order valence-electron chi connectivity index (χ0n) is 12.0. The van der Waals surface area contributed by atoms with Crippen LogP contribution in [0.25, 0.3) is 16.5 Å². The Morgan fingerprint density at radius 1 is 1.08 bits per heavy atom. The van der Waals surface area contributed by atoms with E-state index in [2.05, 4.69) is 21.2 Å². The third kappa shape index (κ3) is 2.79. The second-order valence-electron chi connectivity index (χ2n) is 5.01. The van der Waals surface area contributed by atoms with E-state index in [4.69, 9.17) is 5.11 Å². The van der Waals surface area contributed by atoms with Crippen molar-refractivity contribution in [3.8, 4) is 17.2 Å². The maximum absolute atomic E-state index is 12.8. The molecule has 8 heteroatoms. The number of amides is 1.